The van der Waals surface area contributed by atoms with E-state index in [1.807, 2.05) is 4.57 Å². The van der Waals surface area contributed by atoms with Gasteiger partial charge < -0.3 is 14.8 Å². The summed E-state index contributed by atoms with van der Waals surface area (Å²) in [6.45, 7) is 2.89. The maximum absolute atomic E-state index is 13.3. The van der Waals surface area contributed by atoms with Crippen molar-refractivity contribution in [1.29, 1.82) is 0 Å². The van der Waals surface area contributed by atoms with Crippen molar-refractivity contribution in [3.63, 3.8) is 0 Å². The predicted molar refractivity (Wildman–Crippen MR) is 74.7 cm³/mol. The third kappa shape index (κ3) is 2.68. The van der Waals surface area contributed by atoms with E-state index in [0.717, 1.165) is 0 Å². The van der Waals surface area contributed by atoms with Crippen LogP contribution >= 0.6 is 0 Å². The van der Waals surface area contributed by atoms with E-state index < -0.39 is 0 Å². The molecule has 0 atom stereocenters. The van der Waals surface area contributed by atoms with Crippen molar-refractivity contribution in [3.05, 3.63) is 42.1 Å². The number of nitrogens with zero attached hydrogens (tertiary/aromatic N) is 4. The minimum Gasteiger partial charge on any atom is -0.335 e. The summed E-state index contributed by atoms with van der Waals surface area (Å²) in [7, 11) is 0. The minimum absolute atomic E-state index is 0.261. The fraction of sp³-hybridized carbons (Fsp3) is 0.214. The van der Waals surface area contributed by atoms with Gasteiger partial charge in [-0.1, -0.05) is 5.16 Å². The largest absolute Gasteiger partial charge is 0.335 e. The van der Waals surface area contributed by atoms with Crippen molar-refractivity contribution >= 4 is 0 Å². The summed E-state index contributed by atoms with van der Waals surface area (Å²) in [6, 6.07) is 4.68. The van der Waals surface area contributed by atoms with Gasteiger partial charge in [0.1, 0.15) is 11.5 Å². The third-order valence-corrected chi connectivity index (χ3v) is 3.08. The Labute approximate surface area is 120 Å². The van der Waals surface area contributed by atoms with Crippen LogP contribution in [-0.2, 0) is 6.54 Å². The molecule has 2 N–H and O–H groups in total. The van der Waals surface area contributed by atoms with Gasteiger partial charge in [-0.25, -0.2) is 9.37 Å². The van der Waals surface area contributed by atoms with Gasteiger partial charge in [-0.3, -0.25) is 0 Å². The Morgan fingerprint density at radius 1 is 1.38 bits per heavy atom. The average Bonchev–Trinajstić information content (AvgIpc) is 3.11. The van der Waals surface area contributed by atoms with Crippen LogP contribution in [0.2, 0.25) is 0 Å². The molecule has 0 fully saturated rings. The van der Waals surface area contributed by atoms with Crippen molar-refractivity contribution in [2.75, 3.05) is 6.54 Å². The molecule has 0 amide bonds. The summed E-state index contributed by atoms with van der Waals surface area (Å²) in [4.78, 5) is 8.48. The van der Waals surface area contributed by atoms with Crippen LogP contribution in [0.1, 0.15) is 5.56 Å². The first kappa shape index (κ1) is 13.4. The third-order valence-electron chi connectivity index (χ3n) is 3.08. The second-order valence-corrected chi connectivity index (χ2v) is 4.67. The second-order valence-electron chi connectivity index (χ2n) is 4.67. The van der Waals surface area contributed by atoms with Gasteiger partial charge >= 0.3 is 0 Å². The van der Waals surface area contributed by atoms with Crippen LogP contribution in [0, 0.1) is 12.7 Å². The number of rotatable bonds is 4. The Kier molecular flexibility index (Phi) is 3.49. The van der Waals surface area contributed by atoms with Gasteiger partial charge in [-0.05, 0) is 30.7 Å². The molecule has 0 spiro atoms. The molecule has 0 radical (unpaired) electrons. The quantitative estimate of drug-likeness (QED) is 0.793. The van der Waals surface area contributed by atoms with E-state index in [1.165, 1.54) is 6.07 Å². The Hall–Kier alpha value is -2.54. The van der Waals surface area contributed by atoms with Crippen LogP contribution in [0.3, 0.4) is 0 Å². The van der Waals surface area contributed by atoms with E-state index in [1.54, 1.807) is 31.6 Å². The number of nitrogens with two attached hydrogens (primary N) is 1. The number of halogens is 1. The summed E-state index contributed by atoms with van der Waals surface area (Å²) < 4.78 is 20.3. The number of benzene rings is 1. The van der Waals surface area contributed by atoms with Crippen LogP contribution in [0.5, 0.6) is 0 Å². The Balaban J connectivity index is 1.89. The maximum atomic E-state index is 13.3. The van der Waals surface area contributed by atoms with Gasteiger partial charge in [0.2, 0.25) is 5.82 Å². The molecular weight excluding hydrogens is 273 g/mol. The highest BCUT2D eigenvalue weighted by Crippen LogP contribution is 2.22. The van der Waals surface area contributed by atoms with Crippen LogP contribution in [0.15, 0.2) is 35.2 Å². The highest BCUT2D eigenvalue weighted by atomic mass is 19.1. The summed E-state index contributed by atoms with van der Waals surface area (Å²) in [5.74, 6) is 0.465. The summed E-state index contributed by atoms with van der Waals surface area (Å²) in [6.07, 6.45) is 3.45. The molecule has 0 saturated carbocycles. The van der Waals surface area contributed by atoms with Gasteiger partial charge in [0.05, 0.1) is 6.33 Å². The highest BCUT2D eigenvalue weighted by Gasteiger charge is 2.13. The zero-order chi connectivity index (χ0) is 14.8. The molecule has 0 aliphatic rings. The molecule has 0 aliphatic heterocycles. The maximum Gasteiger partial charge on any atom is 0.278 e. The number of aryl methyl sites for hydroxylation is 1. The molecule has 2 aromatic heterocycles. The molecule has 3 rings (SSSR count). The van der Waals surface area contributed by atoms with Gasteiger partial charge in [0, 0.05) is 24.8 Å². The fourth-order valence-electron chi connectivity index (χ4n) is 1.97. The lowest BCUT2D eigenvalue weighted by Crippen LogP contribution is -2.07. The molecule has 21 heavy (non-hydrogen) atoms. The molecule has 6 nitrogen and oxygen atoms in total. The zero-order valence-corrected chi connectivity index (χ0v) is 11.5. The Bertz CT molecular complexity index is 764. The van der Waals surface area contributed by atoms with Gasteiger partial charge in [-0.15, -0.1) is 0 Å². The van der Waals surface area contributed by atoms with Crippen LogP contribution in [-0.4, -0.2) is 26.2 Å². The number of aromatic nitrogens is 4. The molecule has 0 bridgehead atoms. The minimum atomic E-state index is -0.261. The van der Waals surface area contributed by atoms with Gasteiger partial charge in [-0.2, -0.15) is 4.98 Å². The second kappa shape index (κ2) is 5.45. The van der Waals surface area contributed by atoms with Crippen LogP contribution in [0.25, 0.3) is 23.0 Å². The van der Waals surface area contributed by atoms with Crippen LogP contribution in [0.4, 0.5) is 4.39 Å². The molecule has 7 heteroatoms. The number of hydrogen-bond acceptors (Lipinski definition) is 5. The van der Waals surface area contributed by atoms with Crippen LogP contribution < -0.4 is 5.73 Å². The van der Waals surface area contributed by atoms with Crippen molar-refractivity contribution < 1.29 is 8.91 Å². The van der Waals surface area contributed by atoms with E-state index in [9.17, 15) is 4.39 Å². The Morgan fingerprint density at radius 3 is 3.00 bits per heavy atom. The van der Waals surface area contributed by atoms with E-state index in [2.05, 4.69) is 15.1 Å². The summed E-state index contributed by atoms with van der Waals surface area (Å²) in [5.41, 5.74) is 7.30. The molecule has 108 valence electrons. The lowest BCUT2D eigenvalue weighted by Gasteiger charge is -1.97. The number of hydrogen-bond donors (Lipinski definition) is 1. The topological polar surface area (TPSA) is 82.8 Å². The smallest absolute Gasteiger partial charge is 0.278 e. The molecule has 3 aromatic rings. The van der Waals surface area contributed by atoms with Gasteiger partial charge in [0.15, 0.2) is 0 Å². The van der Waals surface area contributed by atoms with Gasteiger partial charge in [0.25, 0.3) is 5.89 Å². The average molecular weight is 287 g/mol. The Morgan fingerprint density at radius 2 is 2.24 bits per heavy atom. The normalized spacial score (nSPS) is 11.0. The van der Waals surface area contributed by atoms with E-state index in [-0.39, 0.29) is 5.82 Å². The molecule has 1 aromatic carbocycles. The predicted octanol–water partition coefficient (Wildman–Crippen LogP) is 2.01. The highest BCUT2D eigenvalue weighted by molar-refractivity contribution is 5.58. The summed E-state index contributed by atoms with van der Waals surface area (Å²) >= 11 is 0. The first-order valence-electron chi connectivity index (χ1n) is 6.50. The van der Waals surface area contributed by atoms with E-state index in [0.29, 0.717) is 41.6 Å². The molecule has 0 unspecified atom stereocenters. The van der Waals surface area contributed by atoms with Crippen molar-refractivity contribution in [2.45, 2.75) is 13.5 Å². The molecule has 0 saturated heterocycles. The standard InChI is InChI=1S/C14H14FN5O/c1-9-6-10(2-3-11(9)15)13-18-14(21-19-13)12-7-20(5-4-16)8-17-12/h2-3,6-8H,4-5,16H2,1H3. The first-order chi connectivity index (χ1) is 10.2. The first-order valence-corrected chi connectivity index (χ1v) is 6.50. The van der Waals surface area contributed by atoms with Crippen molar-refractivity contribution in [1.82, 2.24) is 19.7 Å². The molecular formula is C14H14FN5O. The monoisotopic (exact) mass is 287 g/mol. The summed E-state index contributed by atoms with van der Waals surface area (Å²) in [5, 5.41) is 3.91. The SMILES string of the molecule is Cc1cc(-c2noc(-c3cn(CCN)cn3)n2)ccc1F. The van der Waals surface area contributed by atoms with E-state index >= 15 is 0 Å². The lowest BCUT2D eigenvalue weighted by atomic mass is 10.1. The molecule has 0 aliphatic carbocycles. The molecule has 2 heterocycles. The zero-order valence-electron chi connectivity index (χ0n) is 11.5. The van der Waals surface area contributed by atoms with Crippen molar-refractivity contribution in [2.24, 2.45) is 5.73 Å². The van der Waals surface area contributed by atoms with E-state index in [4.69, 9.17) is 10.3 Å². The lowest BCUT2D eigenvalue weighted by molar-refractivity contribution is 0.431. The fourth-order valence-corrected chi connectivity index (χ4v) is 1.97. The van der Waals surface area contributed by atoms with Crippen molar-refractivity contribution in [3.8, 4) is 23.0 Å². The number of imidazole rings is 1.